The lowest BCUT2D eigenvalue weighted by Gasteiger charge is -2.09. The molecular weight excluding hydrogens is 398 g/mol. The number of carbonyl (C=O) groups is 1. The predicted molar refractivity (Wildman–Crippen MR) is 108 cm³/mol. The van der Waals surface area contributed by atoms with Gasteiger partial charge < -0.3 is 5.32 Å². The fraction of sp³-hybridized carbons (Fsp3) is 0.111. The third-order valence-corrected chi connectivity index (χ3v) is 5.65. The Bertz CT molecular complexity index is 1060. The zero-order valence-corrected chi connectivity index (χ0v) is 16.5. The van der Waals surface area contributed by atoms with Gasteiger partial charge in [0, 0.05) is 29.8 Å². The number of rotatable bonds is 7. The van der Waals surface area contributed by atoms with Crippen LogP contribution in [-0.4, -0.2) is 35.0 Å². The van der Waals surface area contributed by atoms with Gasteiger partial charge in [0.2, 0.25) is 5.95 Å². The van der Waals surface area contributed by atoms with E-state index in [9.17, 15) is 13.2 Å². The second kappa shape index (κ2) is 8.81. The van der Waals surface area contributed by atoms with Gasteiger partial charge in [-0.1, -0.05) is 6.92 Å². The Morgan fingerprint density at radius 3 is 2.43 bits per heavy atom. The van der Waals surface area contributed by atoms with Crippen molar-refractivity contribution in [2.24, 2.45) is 0 Å². The van der Waals surface area contributed by atoms with Gasteiger partial charge in [0.05, 0.1) is 9.92 Å². The number of pyridine rings is 1. The van der Waals surface area contributed by atoms with Gasteiger partial charge in [-0.2, -0.15) is 0 Å². The number of aromatic nitrogens is 3. The highest BCUT2D eigenvalue weighted by Crippen LogP contribution is 2.19. The SMILES string of the molecule is CCSc1cc(C(=O)Nc2ccc(S(=O)(=O)Nc3ncccn3)cc2)ccn1. The molecule has 1 amide bonds. The van der Waals surface area contributed by atoms with Gasteiger partial charge in [-0.05, 0) is 48.2 Å². The van der Waals surface area contributed by atoms with Crippen LogP contribution in [0.1, 0.15) is 17.3 Å². The van der Waals surface area contributed by atoms with Gasteiger partial charge in [-0.25, -0.2) is 28.1 Å². The van der Waals surface area contributed by atoms with E-state index in [0.717, 1.165) is 10.8 Å². The smallest absolute Gasteiger partial charge is 0.264 e. The average molecular weight is 416 g/mol. The quantitative estimate of drug-likeness (QED) is 0.570. The van der Waals surface area contributed by atoms with Crippen LogP contribution in [0.3, 0.4) is 0 Å². The van der Waals surface area contributed by atoms with E-state index in [1.165, 1.54) is 36.7 Å². The molecule has 3 aromatic rings. The molecule has 0 spiro atoms. The first-order chi connectivity index (χ1) is 13.5. The zero-order chi connectivity index (χ0) is 20.0. The Balaban J connectivity index is 1.70. The molecule has 0 aliphatic carbocycles. The molecule has 144 valence electrons. The molecule has 10 heteroatoms. The fourth-order valence-corrected chi connectivity index (χ4v) is 3.83. The molecule has 0 bridgehead atoms. The van der Waals surface area contributed by atoms with Gasteiger partial charge in [-0.15, -0.1) is 11.8 Å². The minimum Gasteiger partial charge on any atom is -0.322 e. The Morgan fingerprint density at radius 2 is 1.75 bits per heavy atom. The summed E-state index contributed by atoms with van der Waals surface area (Å²) >= 11 is 1.54. The number of anilines is 2. The molecular formula is C18H17N5O3S2. The second-order valence-electron chi connectivity index (χ2n) is 5.47. The van der Waals surface area contributed by atoms with Gasteiger partial charge in [0.25, 0.3) is 15.9 Å². The Morgan fingerprint density at radius 1 is 1.04 bits per heavy atom. The maximum absolute atomic E-state index is 12.4. The Labute approximate surface area is 166 Å². The van der Waals surface area contributed by atoms with Crippen molar-refractivity contribution in [2.75, 3.05) is 15.8 Å². The highest BCUT2D eigenvalue weighted by atomic mass is 32.2. The topological polar surface area (TPSA) is 114 Å². The number of carbonyl (C=O) groups excluding carboxylic acids is 1. The first-order valence-corrected chi connectivity index (χ1v) is 10.7. The largest absolute Gasteiger partial charge is 0.322 e. The van der Waals surface area contributed by atoms with E-state index in [1.807, 2.05) is 6.92 Å². The average Bonchev–Trinajstić information content (AvgIpc) is 2.69. The molecule has 0 saturated heterocycles. The molecule has 2 aromatic heterocycles. The standard InChI is InChI=1S/C18H17N5O3S2/c1-2-27-16-12-13(8-11-19-16)17(24)22-14-4-6-15(7-5-14)28(25,26)23-18-20-9-3-10-21-18/h3-12H,2H2,1H3,(H,22,24)(H,20,21,23). The van der Waals surface area contributed by atoms with E-state index in [1.54, 1.807) is 36.2 Å². The van der Waals surface area contributed by atoms with Crippen LogP contribution in [0, 0.1) is 0 Å². The highest BCUT2D eigenvalue weighted by Gasteiger charge is 2.16. The van der Waals surface area contributed by atoms with Crippen molar-refractivity contribution >= 4 is 39.3 Å². The third kappa shape index (κ3) is 5.05. The normalized spacial score (nSPS) is 11.0. The summed E-state index contributed by atoms with van der Waals surface area (Å²) < 4.78 is 27.0. The van der Waals surface area contributed by atoms with Crippen LogP contribution in [0.5, 0.6) is 0 Å². The van der Waals surface area contributed by atoms with E-state index in [4.69, 9.17) is 0 Å². The molecule has 3 rings (SSSR count). The number of nitrogens with zero attached hydrogens (tertiary/aromatic N) is 3. The van der Waals surface area contributed by atoms with E-state index in [2.05, 4.69) is 25.0 Å². The van der Waals surface area contributed by atoms with Gasteiger partial charge in [0.1, 0.15) is 0 Å². The zero-order valence-electron chi connectivity index (χ0n) is 14.9. The Hall–Kier alpha value is -2.98. The molecule has 0 fully saturated rings. The van der Waals surface area contributed by atoms with Gasteiger partial charge >= 0.3 is 0 Å². The number of amides is 1. The van der Waals surface area contributed by atoms with E-state index >= 15 is 0 Å². The third-order valence-electron chi connectivity index (χ3n) is 3.50. The maximum Gasteiger partial charge on any atom is 0.264 e. The summed E-state index contributed by atoms with van der Waals surface area (Å²) in [5, 5.41) is 3.51. The lowest BCUT2D eigenvalue weighted by molar-refractivity contribution is 0.102. The number of hydrogen-bond donors (Lipinski definition) is 2. The van der Waals surface area contributed by atoms with Crippen LogP contribution in [0.4, 0.5) is 11.6 Å². The molecule has 0 radical (unpaired) electrons. The number of nitrogens with one attached hydrogen (secondary N) is 2. The van der Waals surface area contributed by atoms with E-state index < -0.39 is 10.0 Å². The van der Waals surface area contributed by atoms with Crippen molar-refractivity contribution in [3.63, 3.8) is 0 Å². The maximum atomic E-state index is 12.4. The Kier molecular flexibility index (Phi) is 6.22. The van der Waals surface area contributed by atoms with Crippen LogP contribution in [0.15, 0.2) is 71.0 Å². The summed E-state index contributed by atoms with van der Waals surface area (Å²) in [6.07, 6.45) is 4.46. The number of thioether (sulfide) groups is 1. The summed E-state index contributed by atoms with van der Waals surface area (Å²) in [5.41, 5.74) is 0.951. The van der Waals surface area contributed by atoms with Gasteiger partial charge in [0.15, 0.2) is 0 Å². The summed E-state index contributed by atoms with van der Waals surface area (Å²) in [6.45, 7) is 2.01. The van der Waals surface area contributed by atoms with E-state index in [0.29, 0.717) is 11.3 Å². The monoisotopic (exact) mass is 415 g/mol. The lowest BCUT2D eigenvalue weighted by atomic mass is 10.2. The molecule has 2 heterocycles. The molecule has 0 aliphatic heterocycles. The number of sulfonamides is 1. The number of benzene rings is 1. The fourth-order valence-electron chi connectivity index (χ4n) is 2.23. The van der Waals surface area contributed by atoms with Crippen molar-refractivity contribution in [3.05, 3.63) is 66.6 Å². The molecule has 0 atom stereocenters. The summed E-state index contributed by atoms with van der Waals surface area (Å²) in [7, 11) is -3.82. The first kappa shape index (κ1) is 19.8. The molecule has 2 N–H and O–H groups in total. The van der Waals surface area contributed by atoms with Crippen molar-refractivity contribution in [1.82, 2.24) is 15.0 Å². The van der Waals surface area contributed by atoms with Crippen LogP contribution >= 0.6 is 11.8 Å². The van der Waals surface area contributed by atoms with Crippen molar-refractivity contribution < 1.29 is 13.2 Å². The summed E-state index contributed by atoms with van der Waals surface area (Å²) in [5.74, 6) is 0.542. The van der Waals surface area contributed by atoms with Crippen LogP contribution < -0.4 is 10.0 Å². The summed E-state index contributed by atoms with van der Waals surface area (Å²) in [4.78, 5) is 24.3. The molecule has 8 nitrogen and oxygen atoms in total. The molecule has 0 unspecified atom stereocenters. The van der Waals surface area contributed by atoms with Gasteiger partial charge in [-0.3, -0.25) is 4.79 Å². The highest BCUT2D eigenvalue weighted by molar-refractivity contribution is 7.99. The predicted octanol–water partition coefficient (Wildman–Crippen LogP) is 3.04. The first-order valence-electron chi connectivity index (χ1n) is 8.28. The van der Waals surface area contributed by atoms with Crippen LogP contribution in [-0.2, 0) is 10.0 Å². The second-order valence-corrected chi connectivity index (χ2v) is 8.44. The van der Waals surface area contributed by atoms with Crippen molar-refractivity contribution in [2.45, 2.75) is 16.8 Å². The minimum absolute atomic E-state index is 0.0154. The van der Waals surface area contributed by atoms with Crippen molar-refractivity contribution in [1.29, 1.82) is 0 Å². The molecule has 0 saturated carbocycles. The minimum atomic E-state index is -3.82. The van der Waals surface area contributed by atoms with Crippen LogP contribution in [0.25, 0.3) is 0 Å². The molecule has 0 aliphatic rings. The van der Waals surface area contributed by atoms with E-state index in [-0.39, 0.29) is 16.8 Å². The van der Waals surface area contributed by atoms with Crippen molar-refractivity contribution in [3.8, 4) is 0 Å². The molecule has 1 aromatic carbocycles. The summed E-state index contributed by atoms with van der Waals surface area (Å²) in [6, 6.07) is 10.7. The lowest BCUT2D eigenvalue weighted by Crippen LogP contribution is -2.15. The van der Waals surface area contributed by atoms with Crippen LogP contribution in [0.2, 0.25) is 0 Å². The number of hydrogen-bond acceptors (Lipinski definition) is 7. The molecule has 28 heavy (non-hydrogen) atoms.